The predicted molar refractivity (Wildman–Crippen MR) is 87.9 cm³/mol. The van der Waals surface area contributed by atoms with Gasteiger partial charge in [0, 0.05) is 10.6 Å². The maximum Gasteiger partial charge on any atom is 0.0231 e. The molecule has 20 heavy (non-hydrogen) atoms. The lowest BCUT2D eigenvalue weighted by Gasteiger charge is -2.05. The molecule has 3 aromatic carbocycles. The van der Waals surface area contributed by atoms with Crippen molar-refractivity contribution >= 4 is 11.8 Å². The first-order valence-corrected chi connectivity index (χ1v) is 7.72. The first kappa shape index (κ1) is 13.0. The summed E-state index contributed by atoms with van der Waals surface area (Å²) in [5.74, 6) is 1.02. The normalized spacial score (nSPS) is 10.4. The molecule has 0 amide bonds. The summed E-state index contributed by atoms with van der Waals surface area (Å²) < 4.78 is 0. The van der Waals surface area contributed by atoms with Gasteiger partial charge in [0.1, 0.15) is 0 Å². The van der Waals surface area contributed by atoms with Crippen LogP contribution in [0.1, 0.15) is 5.56 Å². The number of rotatable bonds is 4. The Balaban J connectivity index is 1.68. The maximum atomic E-state index is 2.20. The van der Waals surface area contributed by atoms with Gasteiger partial charge in [-0.1, -0.05) is 72.8 Å². The Labute approximate surface area is 124 Å². The SMILES string of the molecule is c1ccc(CSc2ccc(-c3ccccc3)cc2)cc1. The van der Waals surface area contributed by atoms with Gasteiger partial charge in [0.15, 0.2) is 0 Å². The van der Waals surface area contributed by atoms with Crippen molar-refractivity contribution in [2.24, 2.45) is 0 Å². The van der Waals surface area contributed by atoms with E-state index in [0.717, 1.165) is 5.75 Å². The van der Waals surface area contributed by atoms with Crippen LogP contribution in [-0.2, 0) is 5.75 Å². The third kappa shape index (κ3) is 3.31. The van der Waals surface area contributed by atoms with Gasteiger partial charge in [-0.15, -0.1) is 11.8 Å². The van der Waals surface area contributed by atoms with Crippen LogP contribution in [0.2, 0.25) is 0 Å². The Morgan fingerprint density at radius 2 is 1.10 bits per heavy atom. The Kier molecular flexibility index (Phi) is 4.19. The van der Waals surface area contributed by atoms with E-state index in [1.807, 2.05) is 17.8 Å². The number of thioether (sulfide) groups is 1. The Bertz CT molecular complexity index is 642. The van der Waals surface area contributed by atoms with E-state index in [1.165, 1.54) is 21.6 Å². The van der Waals surface area contributed by atoms with E-state index < -0.39 is 0 Å². The highest BCUT2D eigenvalue weighted by Gasteiger charge is 1.99. The lowest BCUT2D eigenvalue weighted by Crippen LogP contribution is -1.80. The van der Waals surface area contributed by atoms with E-state index in [0.29, 0.717) is 0 Å². The standard InChI is InChI=1S/C19H16S/c1-3-7-16(8-4-1)15-20-19-13-11-18(12-14-19)17-9-5-2-6-10-17/h1-14H,15H2. The zero-order chi connectivity index (χ0) is 13.6. The van der Waals surface area contributed by atoms with Crippen molar-refractivity contribution in [3.63, 3.8) is 0 Å². The number of hydrogen-bond donors (Lipinski definition) is 0. The topological polar surface area (TPSA) is 0 Å². The summed E-state index contributed by atoms with van der Waals surface area (Å²) >= 11 is 1.88. The summed E-state index contributed by atoms with van der Waals surface area (Å²) in [7, 11) is 0. The van der Waals surface area contributed by atoms with Gasteiger partial charge in [0.05, 0.1) is 0 Å². The molecule has 0 saturated heterocycles. The van der Waals surface area contributed by atoms with Crippen molar-refractivity contribution in [1.82, 2.24) is 0 Å². The van der Waals surface area contributed by atoms with Crippen LogP contribution in [-0.4, -0.2) is 0 Å². The minimum absolute atomic E-state index is 1.02. The highest BCUT2D eigenvalue weighted by molar-refractivity contribution is 7.98. The second kappa shape index (κ2) is 6.44. The van der Waals surface area contributed by atoms with Gasteiger partial charge in [0.2, 0.25) is 0 Å². The lowest BCUT2D eigenvalue weighted by molar-refractivity contribution is 1.38. The zero-order valence-electron chi connectivity index (χ0n) is 11.2. The van der Waals surface area contributed by atoms with Crippen molar-refractivity contribution < 1.29 is 0 Å². The molecule has 0 unspecified atom stereocenters. The van der Waals surface area contributed by atoms with Gasteiger partial charge in [-0.2, -0.15) is 0 Å². The molecule has 98 valence electrons. The second-order valence-corrected chi connectivity index (χ2v) is 5.71. The van der Waals surface area contributed by atoms with Crippen LogP contribution in [0.3, 0.4) is 0 Å². The third-order valence-electron chi connectivity index (χ3n) is 3.21. The summed E-state index contributed by atoms with van der Waals surface area (Å²) in [6, 6.07) is 29.9. The van der Waals surface area contributed by atoms with Crippen molar-refractivity contribution in [3.05, 3.63) is 90.5 Å². The molecular formula is C19H16S. The van der Waals surface area contributed by atoms with Gasteiger partial charge in [-0.05, 0) is 28.8 Å². The van der Waals surface area contributed by atoms with E-state index in [-0.39, 0.29) is 0 Å². The van der Waals surface area contributed by atoms with Crippen molar-refractivity contribution in [2.75, 3.05) is 0 Å². The molecule has 0 aliphatic carbocycles. The predicted octanol–water partition coefficient (Wildman–Crippen LogP) is 5.65. The maximum absolute atomic E-state index is 2.20. The Hall–Kier alpha value is -1.99. The molecule has 0 N–H and O–H groups in total. The molecule has 3 rings (SSSR count). The van der Waals surface area contributed by atoms with Crippen LogP contribution in [0.4, 0.5) is 0 Å². The molecule has 0 nitrogen and oxygen atoms in total. The van der Waals surface area contributed by atoms with Gasteiger partial charge in [0.25, 0.3) is 0 Å². The Morgan fingerprint density at radius 1 is 0.550 bits per heavy atom. The smallest absolute Gasteiger partial charge is 0.0231 e. The molecule has 0 aliphatic rings. The van der Waals surface area contributed by atoms with Gasteiger partial charge >= 0.3 is 0 Å². The molecule has 1 heteroatoms. The number of benzene rings is 3. The highest BCUT2D eigenvalue weighted by Crippen LogP contribution is 2.26. The van der Waals surface area contributed by atoms with E-state index in [2.05, 4.69) is 78.9 Å². The molecule has 0 fully saturated rings. The van der Waals surface area contributed by atoms with Gasteiger partial charge < -0.3 is 0 Å². The van der Waals surface area contributed by atoms with Crippen molar-refractivity contribution in [2.45, 2.75) is 10.6 Å². The van der Waals surface area contributed by atoms with Gasteiger partial charge in [-0.3, -0.25) is 0 Å². The van der Waals surface area contributed by atoms with Crippen LogP contribution in [0, 0.1) is 0 Å². The number of hydrogen-bond acceptors (Lipinski definition) is 1. The molecule has 0 bridgehead atoms. The monoisotopic (exact) mass is 276 g/mol. The fourth-order valence-corrected chi connectivity index (χ4v) is 2.97. The van der Waals surface area contributed by atoms with Crippen LogP contribution >= 0.6 is 11.8 Å². The summed E-state index contributed by atoms with van der Waals surface area (Å²) in [5, 5.41) is 0. The van der Waals surface area contributed by atoms with Crippen molar-refractivity contribution in [3.8, 4) is 11.1 Å². The summed E-state index contributed by atoms with van der Waals surface area (Å²) in [4.78, 5) is 1.31. The fourth-order valence-electron chi connectivity index (χ4n) is 2.12. The molecule has 0 atom stereocenters. The first-order chi connectivity index (χ1) is 9.92. The largest absolute Gasteiger partial charge is 0.121 e. The molecule has 0 radical (unpaired) electrons. The Morgan fingerprint density at radius 3 is 1.75 bits per heavy atom. The molecule has 3 aromatic rings. The molecular weight excluding hydrogens is 260 g/mol. The summed E-state index contributed by atoms with van der Waals surface area (Å²) in [6.45, 7) is 0. The lowest BCUT2D eigenvalue weighted by atomic mass is 10.1. The second-order valence-electron chi connectivity index (χ2n) is 4.66. The minimum Gasteiger partial charge on any atom is -0.121 e. The fraction of sp³-hybridized carbons (Fsp3) is 0.0526. The van der Waals surface area contributed by atoms with Crippen LogP contribution in [0.5, 0.6) is 0 Å². The van der Waals surface area contributed by atoms with Crippen LogP contribution < -0.4 is 0 Å². The average Bonchev–Trinajstić information content (AvgIpc) is 2.55. The van der Waals surface area contributed by atoms with Crippen LogP contribution in [0.25, 0.3) is 11.1 Å². The van der Waals surface area contributed by atoms with E-state index in [4.69, 9.17) is 0 Å². The van der Waals surface area contributed by atoms with Gasteiger partial charge in [-0.25, -0.2) is 0 Å². The summed E-state index contributed by atoms with van der Waals surface area (Å²) in [6.07, 6.45) is 0. The average molecular weight is 276 g/mol. The molecule has 0 aliphatic heterocycles. The zero-order valence-corrected chi connectivity index (χ0v) is 12.0. The molecule has 0 saturated carbocycles. The van der Waals surface area contributed by atoms with E-state index in [9.17, 15) is 0 Å². The highest BCUT2D eigenvalue weighted by atomic mass is 32.2. The summed E-state index contributed by atoms with van der Waals surface area (Å²) in [5.41, 5.74) is 3.91. The van der Waals surface area contributed by atoms with Crippen LogP contribution in [0.15, 0.2) is 89.8 Å². The van der Waals surface area contributed by atoms with E-state index in [1.54, 1.807) is 0 Å². The molecule has 0 aromatic heterocycles. The van der Waals surface area contributed by atoms with E-state index >= 15 is 0 Å². The van der Waals surface area contributed by atoms with Crippen molar-refractivity contribution in [1.29, 1.82) is 0 Å². The molecule has 0 heterocycles. The minimum atomic E-state index is 1.02. The molecule has 0 spiro atoms. The first-order valence-electron chi connectivity index (χ1n) is 6.74. The quantitative estimate of drug-likeness (QED) is 0.555. The third-order valence-corrected chi connectivity index (χ3v) is 4.29.